The molecule has 1 aliphatic rings. The number of amides is 1. The highest BCUT2D eigenvalue weighted by Gasteiger charge is 2.32. The quantitative estimate of drug-likeness (QED) is 0.740. The normalized spacial score (nSPS) is 19.5. The third-order valence-corrected chi connectivity index (χ3v) is 4.45. The van der Waals surface area contributed by atoms with Crippen LogP contribution in [0.5, 0.6) is 0 Å². The van der Waals surface area contributed by atoms with E-state index in [1.807, 2.05) is 17.2 Å². The van der Waals surface area contributed by atoms with Gasteiger partial charge in [0.15, 0.2) is 0 Å². The number of thioether (sulfide) groups is 1. The smallest absolute Gasteiger partial charge is 0.233 e. The van der Waals surface area contributed by atoms with Crippen LogP contribution < -0.4 is 0 Å². The zero-order chi connectivity index (χ0) is 12.8. The van der Waals surface area contributed by atoms with E-state index in [0.717, 1.165) is 18.5 Å². The van der Waals surface area contributed by atoms with E-state index in [1.54, 1.807) is 18.0 Å². The van der Waals surface area contributed by atoms with E-state index in [2.05, 4.69) is 18.0 Å². The van der Waals surface area contributed by atoms with Gasteiger partial charge in [-0.15, -0.1) is 11.8 Å². The molecule has 98 valence electrons. The average Bonchev–Trinajstić information content (AvgIpc) is 2.77. The van der Waals surface area contributed by atoms with E-state index in [9.17, 15) is 4.79 Å². The Bertz CT molecular complexity index is 383. The van der Waals surface area contributed by atoms with Gasteiger partial charge >= 0.3 is 0 Å². The van der Waals surface area contributed by atoms with E-state index in [-0.39, 0.29) is 11.3 Å². The summed E-state index contributed by atoms with van der Waals surface area (Å²) >= 11 is 1.71. The molecule has 1 saturated heterocycles. The van der Waals surface area contributed by atoms with Crippen LogP contribution in [0.4, 0.5) is 0 Å². The van der Waals surface area contributed by atoms with Crippen molar-refractivity contribution < 1.29 is 4.79 Å². The molecular formula is C14H20N2OS. The lowest BCUT2D eigenvalue weighted by atomic mass is 10.2. The predicted molar refractivity (Wildman–Crippen MR) is 75.3 cm³/mol. The van der Waals surface area contributed by atoms with Crippen LogP contribution >= 0.6 is 11.8 Å². The Morgan fingerprint density at radius 2 is 2.33 bits per heavy atom. The van der Waals surface area contributed by atoms with Crippen molar-refractivity contribution in [1.29, 1.82) is 0 Å². The van der Waals surface area contributed by atoms with Crippen molar-refractivity contribution in [2.24, 2.45) is 0 Å². The molecule has 1 unspecified atom stereocenters. The zero-order valence-electron chi connectivity index (χ0n) is 10.8. The first kappa shape index (κ1) is 13.4. The molecule has 0 radical (unpaired) electrons. The number of unbranched alkanes of at least 4 members (excludes halogenated alkanes) is 3. The first-order chi connectivity index (χ1) is 8.83. The van der Waals surface area contributed by atoms with Gasteiger partial charge in [-0.1, -0.05) is 32.3 Å². The molecule has 0 aromatic carbocycles. The maximum absolute atomic E-state index is 11.9. The maximum atomic E-state index is 11.9. The molecule has 0 spiro atoms. The minimum atomic E-state index is 0.174. The summed E-state index contributed by atoms with van der Waals surface area (Å²) in [6, 6.07) is 4.00. The number of pyridine rings is 1. The topological polar surface area (TPSA) is 33.2 Å². The zero-order valence-corrected chi connectivity index (χ0v) is 11.7. The number of nitrogens with zero attached hydrogens (tertiary/aromatic N) is 2. The third kappa shape index (κ3) is 3.25. The van der Waals surface area contributed by atoms with Crippen LogP contribution in [0.15, 0.2) is 24.5 Å². The highest BCUT2D eigenvalue weighted by atomic mass is 32.2. The van der Waals surface area contributed by atoms with Crippen molar-refractivity contribution >= 4 is 17.7 Å². The van der Waals surface area contributed by atoms with Crippen molar-refractivity contribution in [3.8, 4) is 0 Å². The number of hydrogen-bond acceptors (Lipinski definition) is 3. The molecule has 18 heavy (non-hydrogen) atoms. The molecule has 0 saturated carbocycles. The standard InChI is InChI=1S/C14H20N2OS/c1-2-3-4-5-9-16-13(17)11-18-14(16)12-7-6-8-15-10-12/h6-8,10,14H,2-5,9,11H2,1H3. The Morgan fingerprint density at radius 1 is 1.44 bits per heavy atom. The van der Waals surface area contributed by atoms with Gasteiger partial charge in [0.1, 0.15) is 5.37 Å². The molecule has 2 rings (SSSR count). The van der Waals surface area contributed by atoms with Crippen LogP contribution in [0, 0.1) is 0 Å². The summed E-state index contributed by atoms with van der Waals surface area (Å²) in [4.78, 5) is 18.1. The lowest BCUT2D eigenvalue weighted by Crippen LogP contribution is -2.29. The van der Waals surface area contributed by atoms with Gasteiger partial charge in [0.05, 0.1) is 5.75 Å². The SMILES string of the molecule is CCCCCCN1C(=O)CSC1c1cccnc1. The second kappa shape index (κ2) is 6.78. The lowest BCUT2D eigenvalue weighted by molar-refractivity contribution is -0.128. The summed E-state index contributed by atoms with van der Waals surface area (Å²) in [7, 11) is 0. The molecule has 0 bridgehead atoms. The number of carbonyl (C=O) groups is 1. The van der Waals surface area contributed by atoms with Crippen LogP contribution in [0.25, 0.3) is 0 Å². The molecular weight excluding hydrogens is 244 g/mol. The van der Waals surface area contributed by atoms with Gasteiger partial charge in [-0.2, -0.15) is 0 Å². The molecule has 1 atom stereocenters. The molecule has 1 aromatic rings. The fourth-order valence-corrected chi connectivity index (χ4v) is 3.40. The summed E-state index contributed by atoms with van der Waals surface area (Å²) < 4.78 is 0. The van der Waals surface area contributed by atoms with Gasteiger partial charge < -0.3 is 4.90 Å². The summed E-state index contributed by atoms with van der Waals surface area (Å²) in [5.74, 6) is 0.873. The molecule has 0 N–H and O–H groups in total. The van der Waals surface area contributed by atoms with Gasteiger partial charge in [0.2, 0.25) is 5.91 Å². The molecule has 1 aromatic heterocycles. The number of rotatable bonds is 6. The van der Waals surface area contributed by atoms with Gasteiger partial charge in [0, 0.05) is 24.5 Å². The van der Waals surface area contributed by atoms with Crippen LogP contribution in [-0.2, 0) is 4.79 Å². The molecule has 1 aliphatic heterocycles. The highest BCUT2D eigenvalue weighted by molar-refractivity contribution is 8.00. The van der Waals surface area contributed by atoms with E-state index in [4.69, 9.17) is 0 Å². The van der Waals surface area contributed by atoms with E-state index >= 15 is 0 Å². The number of carbonyl (C=O) groups excluding carboxylic acids is 1. The van der Waals surface area contributed by atoms with Gasteiger partial charge in [-0.3, -0.25) is 9.78 Å². The Morgan fingerprint density at radius 3 is 3.06 bits per heavy atom. The minimum absolute atomic E-state index is 0.174. The monoisotopic (exact) mass is 264 g/mol. The second-order valence-electron chi connectivity index (χ2n) is 4.60. The van der Waals surface area contributed by atoms with Crippen LogP contribution in [0.3, 0.4) is 0 Å². The van der Waals surface area contributed by atoms with Crippen LogP contribution in [0.2, 0.25) is 0 Å². The summed E-state index contributed by atoms with van der Waals surface area (Å²) in [5.41, 5.74) is 1.14. The van der Waals surface area contributed by atoms with Gasteiger partial charge in [0.25, 0.3) is 0 Å². The fourth-order valence-electron chi connectivity index (χ4n) is 2.20. The molecule has 4 heteroatoms. The van der Waals surface area contributed by atoms with E-state index in [1.165, 1.54) is 19.3 Å². The Labute approximate surface area is 113 Å². The fraction of sp³-hybridized carbons (Fsp3) is 0.571. The van der Waals surface area contributed by atoms with Crippen LogP contribution in [-0.4, -0.2) is 28.1 Å². The second-order valence-corrected chi connectivity index (χ2v) is 5.67. The van der Waals surface area contributed by atoms with Crippen molar-refractivity contribution in [3.63, 3.8) is 0 Å². The molecule has 3 nitrogen and oxygen atoms in total. The molecule has 1 fully saturated rings. The minimum Gasteiger partial charge on any atom is -0.326 e. The Hall–Kier alpha value is -1.03. The summed E-state index contributed by atoms with van der Waals surface area (Å²) in [6.45, 7) is 3.08. The van der Waals surface area contributed by atoms with E-state index in [0.29, 0.717) is 5.75 Å². The lowest BCUT2D eigenvalue weighted by Gasteiger charge is -2.23. The third-order valence-electron chi connectivity index (χ3n) is 3.19. The summed E-state index contributed by atoms with van der Waals surface area (Å²) in [5, 5.41) is 0.174. The molecule has 1 amide bonds. The summed E-state index contributed by atoms with van der Waals surface area (Å²) in [6.07, 6.45) is 8.45. The Kier molecular flexibility index (Phi) is 5.05. The van der Waals surface area contributed by atoms with Gasteiger partial charge in [-0.25, -0.2) is 0 Å². The average molecular weight is 264 g/mol. The van der Waals surface area contributed by atoms with Crippen molar-refractivity contribution in [2.75, 3.05) is 12.3 Å². The molecule has 0 aliphatic carbocycles. The van der Waals surface area contributed by atoms with Crippen molar-refractivity contribution in [3.05, 3.63) is 30.1 Å². The number of aromatic nitrogens is 1. The Balaban J connectivity index is 1.95. The highest BCUT2D eigenvalue weighted by Crippen LogP contribution is 2.38. The van der Waals surface area contributed by atoms with Gasteiger partial charge in [-0.05, 0) is 12.5 Å². The molecule has 2 heterocycles. The predicted octanol–water partition coefficient (Wildman–Crippen LogP) is 3.24. The first-order valence-corrected chi connectivity index (χ1v) is 7.69. The first-order valence-electron chi connectivity index (χ1n) is 6.64. The van der Waals surface area contributed by atoms with E-state index < -0.39 is 0 Å². The largest absolute Gasteiger partial charge is 0.326 e. The van der Waals surface area contributed by atoms with Crippen molar-refractivity contribution in [1.82, 2.24) is 9.88 Å². The number of hydrogen-bond donors (Lipinski definition) is 0. The maximum Gasteiger partial charge on any atom is 0.233 e. The van der Waals surface area contributed by atoms with Crippen molar-refractivity contribution in [2.45, 2.75) is 38.0 Å². The van der Waals surface area contributed by atoms with Crippen LogP contribution in [0.1, 0.15) is 43.5 Å².